The molecule has 0 atom stereocenters. The highest BCUT2D eigenvalue weighted by Crippen LogP contribution is 2.65. The van der Waals surface area contributed by atoms with Crippen molar-refractivity contribution in [3.05, 3.63) is 71.3 Å². The zero-order valence-corrected chi connectivity index (χ0v) is 24.4. The molecule has 0 saturated heterocycles. The molecular formula is C24H17F17O4S2. The number of benzene rings is 2. The lowest BCUT2D eigenvalue weighted by atomic mass is 9.91. The fourth-order valence-electron chi connectivity index (χ4n) is 3.60. The third-order valence-electron chi connectivity index (χ3n) is 6.08. The molecule has 268 valence electrons. The largest absolute Gasteiger partial charge is 0.460 e. The van der Waals surface area contributed by atoms with Gasteiger partial charge in [0.25, 0.3) is 0 Å². The van der Waals surface area contributed by atoms with Crippen molar-refractivity contribution in [1.82, 2.24) is 0 Å². The van der Waals surface area contributed by atoms with E-state index in [-0.39, 0.29) is 16.7 Å². The second-order valence-electron chi connectivity index (χ2n) is 9.92. The molecule has 2 aromatic rings. The highest BCUT2D eigenvalue weighted by molar-refractivity contribution is 8.31. The molecule has 0 aliphatic carbocycles. The van der Waals surface area contributed by atoms with E-state index in [4.69, 9.17) is 0 Å². The molecule has 0 heterocycles. The van der Waals surface area contributed by atoms with Crippen LogP contribution in [0.1, 0.15) is 21.5 Å². The van der Waals surface area contributed by atoms with Crippen molar-refractivity contribution in [3.8, 4) is 0 Å². The second-order valence-corrected chi connectivity index (χ2v) is 15.0. The van der Waals surface area contributed by atoms with Gasteiger partial charge in [-0.05, 0) is 18.1 Å². The fraction of sp³-hybridized carbons (Fsp3) is 0.458. The number of ketones is 1. The molecule has 0 radical (unpaired) electrons. The van der Waals surface area contributed by atoms with Gasteiger partial charge in [-0.1, -0.05) is 54.6 Å². The summed E-state index contributed by atoms with van der Waals surface area (Å²) in [7, 11) is -11.7. The Bertz CT molecular complexity index is 1570. The van der Waals surface area contributed by atoms with Gasteiger partial charge in [0.2, 0.25) is 0 Å². The first-order chi connectivity index (χ1) is 20.7. The Hall–Kier alpha value is -2.82. The highest BCUT2D eigenvalue weighted by Gasteiger charge is 2.96. The van der Waals surface area contributed by atoms with Crippen molar-refractivity contribution in [3.63, 3.8) is 0 Å². The van der Waals surface area contributed by atoms with Gasteiger partial charge in [0.15, 0.2) is 5.78 Å². The first-order valence-electron chi connectivity index (χ1n) is 11.7. The number of rotatable bonds is 13. The molecule has 0 aliphatic rings. The van der Waals surface area contributed by atoms with Crippen molar-refractivity contribution in [1.29, 1.82) is 0 Å². The minimum atomic E-state index is -8.94. The quantitative estimate of drug-likeness (QED) is 0.152. The van der Waals surface area contributed by atoms with Gasteiger partial charge in [-0.3, -0.25) is 4.79 Å². The molecule has 0 aliphatic heterocycles. The number of halogens is 17. The van der Waals surface area contributed by atoms with Crippen LogP contribution >= 0.6 is 10.3 Å². The van der Waals surface area contributed by atoms with E-state index in [1.165, 1.54) is 42.5 Å². The Kier molecular flexibility index (Phi) is 10.3. The molecule has 0 bridgehead atoms. The summed E-state index contributed by atoms with van der Waals surface area (Å²) in [6.07, 6.45) is -6.81. The van der Waals surface area contributed by atoms with Gasteiger partial charge >= 0.3 is 57.1 Å². The minimum Gasteiger partial charge on any atom is -0.289 e. The Balaban J connectivity index is 2.55. The lowest BCUT2D eigenvalue weighted by Crippen LogP contribution is -2.75. The van der Waals surface area contributed by atoms with Crippen LogP contribution in [0.4, 0.5) is 74.6 Å². The first-order valence-corrected chi connectivity index (χ1v) is 15.7. The summed E-state index contributed by atoms with van der Waals surface area (Å²) in [6, 6.07) is 11.5. The van der Waals surface area contributed by atoms with Crippen LogP contribution in [0, 0.1) is 0 Å². The number of hydrogen-bond donors (Lipinski definition) is 0. The van der Waals surface area contributed by atoms with Crippen molar-refractivity contribution in [2.75, 3.05) is 12.5 Å². The van der Waals surface area contributed by atoms with E-state index in [1.807, 2.05) is 0 Å². The average Bonchev–Trinajstić information content (AvgIpc) is 2.91. The smallest absolute Gasteiger partial charge is 0.289 e. The first kappa shape index (κ1) is 40.4. The van der Waals surface area contributed by atoms with Gasteiger partial charge in [0.05, 0.1) is 0 Å². The zero-order chi connectivity index (χ0) is 37.1. The molecule has 0 saturated carbocycles. The van der Waals surface area contributed by atoms with Crippen molar-refractivity contribution < 1.29 is 91.5 Å². The maximum atomic E-state index is 14.5. The number of alkyl halides is 17. The van der Waals surface area contributed by atoms with Crippen LogP contribution in [-0.4, -0.2) is 73.7 Å². The molecule has 4 nitrogen and oxygen atoms in total. The maximum Gasteiger partial charge on any atom is 0.460 e. The molecule has 47 heavy (non-hydrogen) atoms. The SMILES string of the molecule is CS(C)(Cc1ccccc1C(=O)c1ccccc1)OS(=O)(=O)C(F)(F)C(F)(F)C(F)(F)C(F)(F)C(F)(F)C(F)(F)C(F)(F)C(F)(F)F. The number of hydrogen-bond acceptors (Lipinski definition) is 4. The van der Waals surface area contributed by atoms with Gasteiger partial charge in [-0.15, -0.1) is 10.3 Å². The second kappa shape index (κ2) is 11.9. The molecule has 0 aromatic heterocycles. The van der Waals surface area contributed by atoms with Gasteiger partial charge < -0.3 is 0 Å². The Morgan fingerprint density at radius 1 is 0.574 bits per heavy atom. The van der Waals surface area contributed by atoms with E-state index in [0.29, 0.717) is 12.5 Å². The standard InChI is InChI=1S/C24H17F17O4S2/c1-46(2,12-14-10-6-7-11-15(14)16(42)13-8-4-3-5-9-13)45-47(43,44)24(40,41)22(35,36)20(31,32)18(27,28)17(25,26)19(29,30)21(33,34)23(37,38)39/h3-11H,12H2,1-2H3. The average molecular weight is 756 g/mol. The van der Waals surface area contributed by atoms with Gasteiger partial charge in [0.1, 0.15) is 0 Å². The van der Waals surface area contributed by atoms with Crippen LogP contribution in [0.3, 0.4) is 0 Å². The van der Waals surface area contributed by atoms with E-state index in [9.17, 15) is 87.8 Å². The third-order valence-corrected chi connectivity index (χ3v) is 10.2. The van der Waals surface area contributed by atoms with Crippen molar-refractivity contribution >= 4 is 26.2 Å². The highest BCUT2D eigenvalue weighted by atomic mass is 32.3. The lowest BCUT2D eigenvalue weighted by molar-refractivity contribution is -0.458. The molecule has 0 amide bonds. The predicted octanol–water partition coefficient (Wildman–Crippen LogP) is 8.71. The summed E-state index contributed by atoms with van der Waals surface area (Å²) in [6.45, 7) is 0. The molecule has 0 fully saturated rings. The molecule has 23 heteroatoms. The summed E-state index contributed by atoms with van der Waals surface area (Å²) in [5, 5.41) is -7.80. The predicted molar refractivity (Wildman–Crippen MR) is 130 cm³/mol. The van der Waals surface area contributed by atoms with Crippen molar-refractivity contribution in [2.45, 2.75) is 52.7 Å². The van der Waals surface area contributed by atoms with E-state index in [1.54, 1.807) is 0 Å². The fourth-order valence-corrected chi connectivity index (χ4v) is 7.52. The van der Waals surface area contributed by atoms with Gasteiger partial charge in [-0.25, -0.2) is 3.63 Å². The topological polar surface area (TPSA) is 60.4 Å². The molecule has 2 rings (SSSR count). The Morgan fingerprint density at radius 2 is 0.957 bits per heavy atom. The summed E-state index contributed by atoms with van der Waals surface area (Å²) in [5.41, 5.74) is -0.524. The van der Waals surface area contributed by atoms with Crippen LogP contribution in [0.5, 0.6) is 0 Å². The summed E-state index contributed by atoms with van der Waals surface area (Å²) >= 11 is 0. The van der Waals surface area contributed by atoms with Gasteiger partial charge in [-0.2, -0.15) is 83.1 Å². The van der Waals surface area contributed by atoms with E-state index in [0.717, 1.165) is 12.1 Å². The molecule has 0 N–H and O–H groups in total. The maximum absolute atomic E-state index is 14.5. The molecular weight excluding hydrogens is 739 g/mol. The van der Waals surface area contributed by atoms with E-state index < -0.39 is 78.9 Å². The van der Waals surface area contributed by atoms with Crippen LogP contribution in [0.15, 0.2) is 54.6 Å². The number of carbonyl (C=O) groups excluding carboxylic acids is 1. The number of carbonyl (C=O) groups is 1. The van der Waals surface area contributed by atoms with Crippen LogP contribution in [0.2, 0.25) is 0 Å². The third kappa shape index (κ3) is 6.37. The summed E-state index contributed by atoms with van der Waals surface area (Å²) in [5.74, 6) is -54.0. The van der Waals surface area contributed by atoms with Crippen molar-refractivity contribution in [2.24, 2.45) is 0 Å². The van der Waals surface area contributed by atoms with Gasteiger partial charge in [0, 0.05) is 16.9 Å². The Morgan fingerprint density at radius 3 is 1.40 bits per heavy atom. The monoisotopic (exact) mass is 756 g/mol. The summed E-state index contributed by atoms with van der Waals surface area (Å²) < 4.78 is 259. The molecule has 2 aromatic carbocycles. The molecule has 0 spiro atoms. The minimum absolute atomic E-state index is 0.00556. The lowest BCUT2D eigenvalue weighted by Gasteiger charge is -2.42. The molecule has 0 unspecified atom stereocenters. The van der Waals surface area contributed by atoms with E-state index >= 15 is 0 Å². The normalized spacial score (nSPS) is 15.5. The summed E-state index contributed by atoms with van der Waals surface area (Å²) in [4.78, 5) is 12.9. The Labute approximate surface area is 254 Å². The van der Waals surface area contributed by atoms with Crippen LogP contribution in [-0.2, 0) is 19.5 Å². The van der Waals surface area contributed by atoms with Crippen LogP contribution < -0.4 is 0 Å². The van der Waals surface area contributed by atoms with E-state index in [2.05, 4.69) is 3.63 Å². The zero-order valence-electron chi connectivity index (χ0n) is 22.8. The van der Waals surface area contributed by atoms with Crippen LogP contribution in [0.25, 0.3) is 0 Å².